The van der Waals surface area contributed by atoms with Crippen molar-refractivity contribution in [2.24, 2.45) is 5.92 Å². The molecule has 1 aliphatic carbocycles. The van der Waals surface area contributed by atoms with E-state index in [-0.39, 0.29) is 0 Å². The van der Waals surface area contributed by atoms with E-state index in [4.69, 9.17) is 4.74 Å². The fourth-order valence-electron chi connectivity index (χ4n) is 3.87. The van der Waals surface area contributed by atoms with Crippen LogP contribution in [0.5, 0.6) is 0 Å². The SMILES string of the molecule is CCNC(CN(CCOC)C(CC)CC)C1CCCCC1. The normalized spacial score (nSPS) is 18.6. The average molecular weight is 299 g/mol. The molecule has 0 aliphatic heterocycles. The Bertz CT molecular complexity index is 237. The molecule has 1 N–H and O–H groups in total. The Morgan fingerprint density at radius 3 is 2.29 bits per heavy atom. The van der Waals surface area contributed by atoms with Gasteiger partial charge in [0, 0.05) is 32.3 Å². The van der Waals surface area contributed by atoms with Gasteiger partial charge in [0.15, 0.2) is 0 Å². The van der Waals surface area contributed by atoms with Gasteiger partial charge in [-0.1, -0.05) is 40.0 Å². The molecule has 0 amide bonds. The molecule has 0 aromatic heterocycles. The highest BCUT2D eigenvalue weighted by Crippen LogP contribution is 2.27. The van der Waals surface area contributed by atoms with Crippen molar-refractivity contribution < 1.29 is 4.74 Å². The van der Waals surface area contributed by atoms with Gasteiger partial charge in [-0.15, -0.1) is 0 Å². The van der Waals surface area contributed by atoms with E-state index in [0.29, 0.717) is 12.1 Å². The molecule has 0 saturated heterocycles. The van der Waals surface area contributed by atoms with Crippen LogP contribution in [0, 0.1) is 5.92 Å². The molecule has 0 spiro atoms. The number of rotatable bonds is 11. The summed E-state index contributed by atoms with van der Waals surface area (Å²) in [7, 11) is 1.81. The third-order valence-electron chi connectivity index (χ3n) is 5.16. The molecule has 1 aliphatic rings. The Balaban J connectivity index is 2.64. The third-order valence-corrected chi connectivity index (χ3v) is 5.16. The minimum atomic E-state index is 0.660. The van der Waals surface area contributed by atoms with Gasteiger partial charge in [0.1, 0.15) is 0 Å². The van der Waals surface area contributed by atoms with Crippen molar-refractivity contribution in [1.82, 2.24) is 10.2 Å². The molecule has 0 bridgehead atoms. The van der Waals surface area contributed by atoms with E-state index in [1.165, 1.54) is 51.5 Å². The van der Waals surface area contributed by atoms with E-state index >= 15 is 0 Å². The summed E-state index contributed by atoms with van der Waals surface area (Å²) in [6.07, 6.45) is 9.60. The number of likely N-dealkylation sites (N-methyl/N-ethyl adjacent to an activating group) is 1. The molecule has 3 heteroatoms. The monoisotopic (exact) mass is 298 g/mol. The summed E-state index contributed by atoms with van der Waals surface area (Å²) in [5.74, 6) is 0.873. The first-order chi connectivity index (χ1) is 10.3. The van der Waals surface area contributed by atoms with Crippen molar-refractivity contribution >= 4 is 0 Å². The van der Waals surface area contributed by atoms with Crippen molar-refractivity contribution in [2.75, 3.05) is 33.4 Å². The van der Waals surface area contributed by atoms with Crippen LogP contribution in [0.3, 0.4) is 0 Å². The molecule has 3 nitrogen and oxygen atoms in total. The zero-order chi connectivity index (χ0) is 15.5. The van der Waals surface area contributed by atoms with Gasteiger partial charge < -0.3 is 10.1 Å². The number of hydrogen-bond donors (Lipinski definition) is 1. The van der Waals surface area contributed by atoms with E-state index in [1.54, 1.807) is 0 Å². The van der Waals surface area contributed by atoms with E-state index < -0.39 is 0 Å². The zero-order valence-corrected chi connectivity index (χ0v) is 14.9. The predicted octanol–water partition coefficient (Wildman–Crippen LogP) is 3.68. The topological polar surface area (TPSA) is 24.5 Å². The first kappa shape index (κ1) is 18.9. The summed E-state index contributed by atoms with van der Waals surface area (Å²) in [5.41, 5.74) is 0. The molecule has 0 aromatic rings. The van der Waals surface area contributed by atoms with Crippen LogP contribution < -0.4 is 5.32 Å². The van der Waals surface area contributed by atoms with Crippen LogP contribution in [-0.2, 0) is 4.74 Å². The van der Waals surface area contributed by atoms with E-state index in [2.05, 4.69) is 31.0 Å². The molecule has 0 aromatic carbocycles. The van der Waals surface area contributed by atoms with Crippen molar-refractivity contribution in [1.29, 1.82) is 0 Å². The summed E-state index contributed by atoms with van der Waals surface area (Å²) in [4.78, 5) is 2.67. The second kappa shape index (κ2) is 11.4. The van der Waals surface area contributed by atoms with E-state index in [1.807, 2.05) is 7.11 Å². The van der Waals surface area contributed by atoms with Crippen LogP contribution in [-0.4, -0.2) is 50.3 Å². The Morgan fingerprint density at radius 2 is 1.76 bits per heavy atom. The molecule has 126 valence electrons. The van der Waals surface area contributed by atoms with Crippen LogP contribution in [0.15, 0.2) is 0 Å². The average Bonchev–Trinajstić information content (AvgIpc) is 2.53. The van der Waals surface area contributed by atoms with E-state index in [0.717, 1.165) is 25.6 Å². The second-order valence-electron chi connectivity index (χ2n) is 6.52. The van der Waals surface area contributed by atoms with Crippen molar-refractivity contribution in [3.63, 3.8) is 0 Å². The first-order valence-electron chi connectivity index (χ1n) is 9.23. The lowest BCUT2D eigenvalue weighted by atomic mass is 9.83. The summed E-state index contributed by atoms with van der Waals surface area (Å²) in [5, 5.41) is 3.78. The number of nitrogens with one attached hydrogen (secondary N) is 1. The fraction of sp³-hybridized carbons (Fsp3) is 1.00. The Hall–Kier alpha value is -0.120. The largest absolute Gasteiger partial charge is 0.383 e. The maximum Gasteiger partial charge on any atom is 0.0589 e. The minimum absolute atomic E-state index is 0.660. The highest BCUT2D eigenvalue weighted by Gasteiger charge is 2.26. The third kappa shape index (κ3) is 6.66. The number of nitrogens with zero attached hydrogens (tertiary/aromatic N) is 1. The zero-order valence-electron chi connectivity index (χ0n) is 14.9. The molecular weight excluding hydrogens is 260 g/mol. The summed E-state index contributed by atoms with van der Waals surface area (Å²) >= 11 is 0. The first-order valence-corrected chi connectivity index (χ1v) is 9.23. The molecular formula is C18H38N2O. The lowest BCUT2D eigenvalue weighted by Gasteiger charge is -2.38. The lowest BCUT2D eigenvalue weighted by molar-refractivity contribution is 0.0936. The van der Waals surface area contributed by atoms with Gasteiger partial charge in [-0.2, -0.15) is 0 Å². The Labute approximate surface area is 132 Å². The molecule has 0 radical (unpaired) electrons. The van der Waals surface area contributed by atoms with Gasteiger partial charge in [0.25, 0.3) is 0 Å². The molecule has 1 rings (SSSR count). The smallest absolute Gasteiger partial charge is 0.0589 e. The standard InChI is InChI=1S/C18H38N2O/c1-5-17(6-2)20(13-14-21-4)15-18(19-7-3)16-11-9-8-10-12-16/h16-19H,5-15H2,1-4H3. The fourth-order valence-corrected chi connectivity index (χ4v) is 3.87. The quantitative estimate of drug-likeness (QED) is 0.630. The minimum Gasteiger partial charge on any atom is -0.383 e. The maximum absolute atomic E-state index is 5.34. The highest BCUT2D eigenvalue weighted by molar-refractivity contribution is 4.84. The molecule has 1 saturated carbocycles. The predicted molar refractivity (Wildman–Crippen MR) is 91.9 cm³/mol. The molecule has 1 fully saturated rings. The number of methoxy groups -OCH3 is 1. The molecule has 1 unspecified atom stereocenters. The Kier molecular flexibility index (Phi) is 10.3. The summed E-state index contributed by atoms with van der Waals surface area (Å²) in [6, 6.07) is 1.36. The number of ether oxygens (including phenoxy) is 1. The summed E-state index contributed by atoms with van der Waals surface area (Å²) in [6.45, 7) is 11.1. The van der Waals surface area contributed by atoms with Crippen LogP contribution in [0.4, 0.5) is 0 Å². The summed E-state index contributed by atoms with van der Waals surface area (Å²) < 4.78 is 5.34. The van der Waals surface area contributed by atoms with Crippen LogP contribution in [0.1, 0.15) is 65.7 Å². The van der Waals surface area contributed by atoms with Gasteiger partial charge >= 0.3 is 0 Å². The molecule has 1 atom stereocenters. The maximum atomic E-state index is 5.34. The Morgan fingerprint density at radius 1 is 1.10 bits per heavy atom. The highest BCUT2D eigenvalue weighted by atomic mass is 16.5. The van der Waals surface area contributed by atoms with Gasteiger partial charge in [-0.25, -0.2) is 0 Å². The van der Waals surface area contributed by atoms with Gasteiger partial charge in [-0.05, 0) is 38.1 Å². The van der Waals surface area contributed by atoms with E-state index in [9.17, 15) is 0 Å². The van der Waals surface area contributed by atoms with Crippen LogP contribution in [0.25, 0.3) is 0 Å². The van der Waals surface area contributed by atoms with Crippen molar-refractivity contribution in [3.8, 4) is 0 Å². The van der Waals surface area contributed by atoms with Crippen molar-refractivity contribution in [2.45, 2.75) is 77.8 Å². The van der Waals surface area contributed by atoms with Crippen LogP contribution >= 0.6 is 0 Å². The number of hydrogen-bond acceptors (Lipinski definition) is 3. The van der Waals surface area contributed by atoms with Gasteiger partial charge in [0.05, 0.1) is 6.61 Å². The van der Waals surface area contributed by atoms with Gasteiger partial charge in [0.2, 0.25) is 0 Å². The second-order valence-corrected chi connectivity index (χ2v) is 6.52. The van der Waals surface area contributed by atoms with Crippen molar-refractivity contribution in [3.05, 3.63) is 0 Å². The molecule has 21 heavy (non-hydrogen) atoms. The van der Waals surface area contributed by atoms with Gasteiger partial charge in [-0.3, -0.25) is 4.90 Å². The molecule has 0 heterocycles. The lowest BCUT2D eigenvalue weighted by Crippen LogP contribution is -2.50. The van der Waals surface area contributed by atoms with Crippen LogP contribution in [0.2, 0.25) is 0 Å².